The fourth-order valence-electron chi connectivity index (χ4n) is 3.23. The number of likely N-dealkylation sites (tertiary alicyclic amines) is 1. The average Bonchev–Trinajstić information content (AvgIpc) is 2.67. The van der Waals surface area contributed by atoms with E-state index in [0.29, 0.717) is 25.9 Å². The Hall–Kier alpha value is -2.46. The maximum atomic E-state index is 13.3. The maximum absolute atomic E-state index is 13.3. The molecule has 0 radical (unpaired) electrons. The van der Waals surface area contributed by atoms with E-state index in [1.54, 1.807) is 17.0 Å². The number of benzene rings is 2. The van der Waals surface area contributed by atoms with Gasteiger partial charge in [-0.05, 0) is 49.2 Å². The molecular weight excluding hydrogens is 419 g/mol. The number of sulfone groups is 1. The normalized spacial score (nSPS) is 15.9. The van der Waals surface area contributed by atoms with Gasteiger partial charge in [0.15, 0.2) is 0 Å². The number of nitrogens with zero attached hydrogens (tertiary/aromatic N) is 1. The molecule has 0 aromatic heterocycles. The molecule has 1 aliphatic rings. The minimum absolute atomic E-state index is 0.172. The number of halogens is 1. The number of amides is 1. The second-order valence-electron chi connectivity index (χ2n) is 6.96. The van der Waals surface area contributed by atoms with Gasteiger partial charge in [0.2, 0.25) is 0 Å². The number of sulfonamides is 1. The number of hydrogen-bond donors (Lipinski definition) is 1. The third kappa shape index (κ3) is 5.13. The number of rotatable bonds is 5. The highest BCUT2D eigenvalue weighted by atomic mass is 32.2. The summed E-state index contributed by atoms with van der Waals surface area (Å²) in [6, 6.07) is 10.6. The first-order chi connectivity index (χ1) is 13.6. The van der Waals surface area contributed by atoms with Crippen LogP contribution < -0.4 is 4.72 Å². The predicted molar refractivity (Wildman–Crippen MR) is 107 cm³/mol. The van der Waals surface area contributed by atoms with E-state index in [-0.39, 0.29) is 22.1 Å². The molecule has 10 heteroatoms. The standard InChI is InChI=1S/C19H21FN2O5S2/c1-28(24,25)17-8-10-22(11-9-17)19(23)14-4-2-6-16(12-14)21-29(26,27)18-7-3-5-15(20)13-18/h2-7,12-13,17,21H,8-11H2,1H3. The van der Waals surface area contributed by atoms with E-state index in [2.05, 4.69) is 4.72 Å². The van der Waals surface area contributed by atoms with Crippen molar-refractivity contribution in [1.29, 1.82) is 0 Å². The average molecular weight is 441 g/mol. The number of hydrogen-bond acceptors (Lipinski definition) is 5. The van der Waals surface area contributed by atoms with Gasteiger partial charge in [0.1, 0.15) is 15.7 Å². The van der Waals surface area contributed by atoms with Crippen molar-refractivity contribution in [3.05, 3.63) is 59.9 Å². The van der Waals surface area contributed by atoms with Crippen LogP contribution in [0.25, 0.3) is 0 Å². The van der Waals surface area contributed by atoms with E-state index in [9.17, 15) is 26.0 Å². The second kappa shape index (κ2) is 8.11. The largest absolute Gasteiger partial charge is 0.339 e. The van der Waals surface area contributed by atoms with Crippen LogP contribution in [0, 0.1) is 5.82 Å². The SMILES string of the molecule is CS(=O)(=O)C1CCN(C(=O)c2cccc(NS(=O)(=O)c3cccc(F)c3)c2)CC1. The van der Waals surface area contributed by atoms with E-state index in [4.69, 9.17) is 0 Å². The Labute approximate surface area is 169 Å². The summed E-state index contributed by atoms with van der Waals surface area (Å²) in [5.74, 6) is -0.974. The molecule has 1 saturated heterocycles. The van der Waals surface area contributed by atoms with Crippen LogP contribution in [0.2, 0.25) is 0 Å². The molecule has 0 saturated carbocycles. The van der Waals surface area contributed by atoms with Crippen LogP contribution in [0.5, 0.6) is 0 Å². The first-order valence-electron chi connectivity index (χ1n) is 8.93. The Kier molecular flexibility index (Phi) is 5.95. The lowest BCUT2D eigenvalue weighted by atomic mass is 10.1. The Balaban J connectivity index is 1.74. The van der Waals surface area contributed by atoms with Gasteiger partial charge < -0.3 is 4.90 Å². The molecule has 2 aromatic rings. The molecule has 1 fully saturated rings. The highest BCUT2D eigenvalue weighted by Crippen LogP contribution is 2.22. The van der Waals surface area contributed by atoms with Crippen molar-refractivity contribution < 1.29 is 26.0 Å². The summed E-state index contributed by atoms with van der Waals surface area (Å²) in [4.78, 5) is 14.1. The van der Waals surface area contributed by atoms with Crippen LogP contribution in [0.4, 0.5) is 10.1 Å². The number of carbonyl (C=O) groups excluding carboxylic acids is 1. The smallest absolute Gasteiger partial charge is 0.261 e. The van der Waals surface area contributed by atoms with E-state index in [0.717, 1.165) is 12.1 Å². The molecule has 2 aromatic carbocycles. The van der Waals surface area contributed by atoms with Crippen LogP contribution >= 0.6 is 0 Å². The fraction of sp³-hybridized carbons (Fsp3) is 0.316. The minimum atomic E-state index is -4.01. The monoisotopic (exact) mass is 440 g/mol. The topological polar surface area (TPSA) is 101 Å². The molecule has 1 heterocycles. The van der Waals surface area contributed by atoms with Gasteiger partial charge in [-0.3, -0.25) is 9.52 Å². The molecule has 0 aliphatic carbocycles. The summed E-state index contributed by atoms with van der Waals surface area (Å²) in [5, 5.41) is -0.448. The first kappa shape index (κ1) is 21.3. The number of anilines is 1. The zero-order valence-electron chi connectivity index (χ0n) is 15.7. The molecule has 1 N–H and O–H groups in total. The number of piperidine rings is 1. The third-order valence-corrected chi connectivity index (χ3v) is 7.86. The van der Waals surface area contributed by atoms with Crippen LogP contribution in [-0.4, -0.2) is 52.2 Å². The lowest BCUT2D eigenvalue weighted by Crippen LogP contribution is -2.42. The molecule has 0 atom stereocenters. The quantitative estimate of drug-likeness (QED) is 0.769. The summed E-state index contributed by atoms with van der Waals surface area (Å²) >= 11 is 0. The molecule has 1 aliphatic heterocycles. The molecule has 7 nitrogen and oxygen atoms in total. The highest BCUT2D eigenvalue weighted by molar-refractivity contribution is 7.92. The van der Waals surface area contributed by atoms with Gasteiger partial charge in [-0.1, -0.05) is 12.1 Å². The van der Waals surface area contributed by atoms with Crippen LogP contribution in [-0.2, 0) is 19.9 Å². The van der Waals surface area contributed by atoms with E-state index < -0.39 is 30.9 Å². The summed E-state index contributed by atoms with van der Waals surface area (Å²) in [6.45, 7) is 0.631. The second-order valence-corrected chi connectivity index (χ2v) is 11.0. The molecule has 156 valence electrons. The van der Waals surface area contributed by atoms with Gasteiger partial charge in [0.05, 0.1) is 10.1 Å². The number of nitrogens with one attached hydrogen (secondary N) is 1. The van der Waals surface area contributed by atoms with Gasteiger partial charge in [-0.2, -0.15) is 0 Å². The molecule has 0 spiro atoms. The molecule has 29 heavy (non-hydrogen) atoms. The molecule has 0 unspecified atom stereocenters. The summed E-state index contributed by atoms with van der Waals surface area (Å²) in [7, 11) is -7.15. The zero-order valence-corrected chi connectivity index (χ0v) is 17.3. The van der Waals surface area contributed by atoms with Crippen LogP contribution in [0.3, 0.4) is 0 Å². The van der Waals surface area contributed by atoms with Crippen molar-refractivity contribution in [2.45, 2.75) is 23.0 Å². The van der Waals surface area contributed by atoms with Gasteiger partial charge in [-0.25, -0.2) is 21.2 Å². The van der Waals surface area contributed by atoms with Crippen molar-refractivity contribution in [3.8, 4) is 0 Å². The Morgan fingerprint density at radius 3 is 2.31 bits per heavy atom. The van der Waals surface area contributed by atoms with Crippen LogP contribution in [0.1, 0.15) is 23.2 Å². The predicted octanol–water partition coefficient (Wildman–Crippen LogP) is 2.28. The highest BCUT2D eigenvalue weighted by Gasteiger charge is 2.29. The third-order valence-electron chi connectivity index (χ3n) is 4.80. The molecular formula is C19H21FN2O5S2. The molecule has 1 amide bonds. The summed E-state index contributed by atoms with van der Waals surface area (Å²) in [6.07, 6.45) is 1.94. The van der Waals surface area contributed by atoms with Gasteiger partial charge in [0, 0.05) is 30.6 Å². The van der Waals surface area contributed by atoms with E-state index in [1.807, 2.05) is 0 Å². The van der Waals surface area contributed by atoms with Crippen molar-refractivity contribution in [1.82, 2.24) is 4.90 Å². The number of carbonyl (C=O) groups is 1. The lowest BCUT2D eigenvalue weighted by molar-refractivity contribution is 0.0726. The van der Waals surface area contributed by atoms with Crippen molar-refractivity contribution in [2.75, 3.05) is 24.1 Å². The Bertz CT molecular complexity index is 1120. The van der Waals surface area contributed by atoms with Crippen molar-refractivity contribution in [3.63, 3.8) is 0 Å². The van der Waals surface area contributed by atoms with Gasteiger partial charge >= 0.3 is 0 Å². The lowest BCUT2D eigenvalue weighted by Gasteiger charge is -2.31. The minimum Gasteiger partial charge on any atom is -0.339 e. The zero-order chi connectivity index (χ0) is 21.2. The maximum Gasteiger partial charge on any atom is 0.261 e. The summed E-state index contributed by atoms with van der Waals surface area (Å²) < 4.78 is 63.9. The molecule has 0 bridgehead atoms. The molecule has 3 rings (SSSR count). The van der Waals surface area contributed by atoms with Gasteiger partial charge in [-0.15, -0.1) is 0 Å². The fourth-order valence-corrected chi connectivity index (χ4v) is 5.38. The Morgan fingerprint density at radius 1 is 1.03 bits per heavy atom. The van der Waals surface area contributed by atoms with Crippen molar-refractivity contribution in [2.24, 2.45) is 0 Å². The van der Waals surface area contributed by atoms with E-state index >= 15 is 0 Å². The van der Waals surface area contributed by atoms with Crippen LogP contribution in [0.15, 0.2) is 53.4 Å². The van der Waals surface area contributed by atoms with E-state index in [1.165, 1.54) is 30.5 Å². The van der Waals surface area contributed by atoms with Gasteiger partial charge in [0.25, 0.3) is 15.9 Å². The van der Waals surface area contributed by atoms with Crippen molar-refractivity contribution >= 4 is 31.5 Å². The first-order valence-corrected chi connectivity index (χ1v) is 12.4. The Morgan fingerprint density at radius 2 is 1.69 bits per heavy atom. The summed E-state index contributed by atoms with van der Waals surface area (Å²) in [5.41, 5.74) is 0.452.